The Morgan fingerprint density at radius 1 is 1.11 bits per heavy atom. The Morgan fingerprint density at radius 3 is 2.58 bits per heavy atom. The first-order valence-corrected chi connectivity index (χ1v) is 6.10. The summed E-state index contributed by atoms with van der Waals surface area (Å²) in [5, 5.41) is 0.313. The van der Waals surface area contributed by atoms with Crippen LogP contribution >= 0.6 is 11.6 Å². The van der Waals surface area contributed by atoms with Gasteiger partial charge in [0, 0.05) is 12.4 Å². The molecule has 94 valence electrons. The summed E-state index contributed by atoms with van der Waals surface area (Å²) in [6, 6.07) is 8.68. The summed E-state index contributed by atoms with van der Waals surface area (Å²) >= 11 is 5.99. The molecular weight excluding hydrogens is 264 g/mol. The predicted molar refractivity (Wildman–Crippen MR) is 71.2 cm³/mol. The van der Waals surface area contributed by atoms with Crippen LogP contribution in [0.4, 0.5) is 5.69 Å². The van der Waals surface area contributed by atoms with Crippen LogP contribution in [-0.2, 0) is 11.3 Å². The van der Waals surface area contributed by atoms with E-state index in [0.717, 1.165) is 5.56 Å². The summed E-state index contributed by atoms with van der Waals surface area (Å²) in [7, 11) is 0. The normalized spacial score (nSPS) is 13.8. The zero-order valence-corrected chi connectivity index (χ0v) is 10.6. The van der Waals surface area contributed by atoms with E-state index in [1.807, 2.05) is 0 Å². The third-order valence-electron chi connectivity index (χ3n) is 3.04. The van der Waals surface area contributed by atoms with Gasteiger partial charge >= 0.3 is 0 Å². The number of rotatable bonds is 2. The van der Waals surface area contributed by atoms with Gasteiger partial charge in [-0.1, -0.05) is 17.7 Å². The molecule has 0 N–H and O–H groups in total. The maximum absolute atomic E-state index is 12.0. The molecule has 4 nitrogen and oxygen atoms in total. The molecule has 1 aromatic heterocycles. The molecule has 0 unspecified atom stereocenters. The van der Waals surface area contributed by atoms with Gasteiger partial charge in [0.2, 0.25) is 0 Å². The molecule has 2 aromatic rings. The first kappa shape index (κ1) is 11.9. The SMILES string of the molecule is O=C1C(=O)N(Cc2ccncc2)c2cccc(Cl)c21. The Hall–Kier alpha value is -2.20. The quantitative estimate of drug-likeness (QED) is 0.789. The second kappa shape index (κ2) is 4.48. The van der Waals surface area contributed by atoms with Crippen LogP contribution in [0.2, 0.25) is 5.02 Å². The third-order valence-corrected chi connectivity index (χ3v) is 3.35. The number of nitrogens with zero attached hydrogens (tertiary/aromatic N) is 2. The molecule has 0 bridgehead atoms. The molecular formula is C14H9ClN2O2. The molecule has 1 aliphatic heterocycles. The van der Waals surface area contributed by atoms with Crippen molar-refractivity contribution in [2.24, 2.45) is 0 Å². The molecule has 0 spiro atoms. The maximum Gasteiger partial charge on any atom is 0.299 e. The fourth-order valence-electron chi connectivity index (χ4n) is 2.13. The zero-order chi connectivity index (χ0) is 13.4. The van der Waals surface area contributed by atoms with E-state index < -0.39 is 11.7 Å². The first-order valence-electron chi connectivity index (χ1n) is 5.72. The van der Waals surface area contributed by atoms with E-state index >= 15 is 0 Å². The summed E-state index contributed by atoms with van der Waals surface area (Å²) in [4.78, 5) is 29.3. The van der Waals surface area contributed by atoms with Gasteiger partial charge < -0.3 is 4.90 Å². The van der Waals surface area contributed by atoms with Gasteiger partial charge in [0.05, 0.1) is 22.8 Å². The molecule has 0 saturated heterocycles. The number of ketones is 1. The van der Waals surface area contributed by atoms with Gasteiger partial charge in [-0.25, -0.2) is 0 Å². The lowest BCUT2D eigenvalue weighted by atomic mass is 10.1. The van der Waals surface area contributed by atoms with Gasteiger partial charge in [-0.2, -0.15) is 0 Å². The van der Waals surface area contributed by atoms with Crippen LogP contribution in [0, 0.1) is 0 Å². The summed E-state index contributed by atoms with van der Waals surface area (Å²) in [6.07, 6.45) is 3.30. The third kappa shape index (κ3) is 1.90. The van der Waals surface area contributed by atoms with Crippen molar-refractivity contribution in [1.29, 1.82) is 0 Å². The Balaban J connectivity index is 2.03. The number of carbonyl (C=O) groups excluding carboxylic acids is 2. The Bertz CT molecular complexity index is 670. The van der Waals surface area contributed by atoms with Crippen molar-refractivity contribution in [2.75, 3.05) is 4.90 Å². The standard InChI is InChI=1S/C14H9ClN2O2/c15-10-2-1-3-11-12(10)13(18)14(19)17(11)8-9-4-6-16-7-5-9/h1-7H,8H2. The second-order valence-electron chi connectivity index (χ2n) is 4.21. The van der Waals surface area contributed by atoms with Crippen molar-refractivity contribution in [1.82, 2.24) is 4.98 Å². The van der Waals surface area contributed by atoms with Gasteiger partial charge in [0.15, 0.2) is 0 Å². The van der Waals surface area contributed by atoms with E-state index in [1.165, 1.54) is 4.90 Å². The highest BCUT2D eigenvalue weighted by molar-refractivity contribution is 6.55. The fraction of sp³-hybridized carbons (Fsp3) is 0.0714. The predicted octanol–water partition coefficient (Wildman–Crippen LogP) is 2.46. The van der Waals surface area contributed by atoms with Crippen molar-refractivity contribution in [3.8, 4) is 0 Å². The lowest BCUT2D eigenvalue weighted by molar-refractivity contribution is -0.114. The molecule has 0 fully saturated rings. The first-order chi connectivity index (χ1) is 9.18. The summed E-state index contributed by atoms with van der Waals surface area (Å²) < 4.78 is 0. The van der Waals surface area contributed by atoms with Crippen molar-refractivity contribution in [3.63, 3.8) is 0 Å². The monoisotopic (exact) mass is 272 g/mol. The van der Waals surface area contributed by atoms with Crippen LogP contribution in [0.1, 0.15) is 15.9 Å². The molecule has 0 aliphatic carbocycles. The van der Waals surface area contributed by atoms with Crippen LogP contribution in [-0.4, -0.2) is 16.7 Å². The summed E-state index contributed by atoms with van der Waals surface area (Å²) in [5.41, 5.74) is 1.77. The molecule has 5 heteroatoms. The van der Waals surface area contributed by atoms with E-state index in [1.54, 1.807) is 42.7 Å². The van der Waals surface area contributed by atoms with E-state index in [4.69, 9.17) is 11.6 Å². The Kier molecular flexibility index (Phi) is 2.80. The Morgan fingerprint density at radius 2 is 1.84 bits per heavy atom. The van der Waals surface area contributed by atoms with Crippen LogP contribution in [0.5, 0.6) is 0 Å². The average molecular weight is 273 g/mol. The number of carbonyl (C=O) groups is 2. The average Bonchev–Trinajstić information content (AvgIpc) is 2.66. The van der Waals surface area contributed by atoms with Crippen LogP contribution in [0.3, 0.4) is 0 Å². The number of hydrogen-bond donors (Lipinski definition) is 0. The van der Waals surface area contributed by atoms with Gasteiger partial charge in [-0.3, -0.25) is 14.6 Å². The number of halogens is 1. The number of aromatic nitrogens is 1. The number of benzene rings is 1. The number of anilines is 1. The molecule has 1 aliphatic rings. The summed E-state index contributed by atoms with van der Waals surface area (Å²) in [6.45, 7) is 0.334. The highest BCUT2D eigenvalue weighted by Crippen LogP contribution is 2.34. The van der Waals surface area contributed by atoms with Crippen molar-refractivity contribution in [3.05, 3.63) is 58.9 Å². The molecule has 0 atom stereocenters. The highest BCUT2D eigenvalue weighted by Gasteiger charge is 2.37. The van der Waals surface area contributed by atoms with Gasteiger partial charge in [-0.15, -0.1) is 0 Å². The lowest BCUT2D eigenvalue weighted by Crippen LogP contribution is -2.29. The number of fused-ring (bicyclic) bond motifs is 1. The highest BCUT2D eigenvalue weighted by atomic mass is 35.5. The number of amides is 1. The summed E-state index contributed by atoms with van der Waals surface area (Å²) in [5.74, 6) is -1.09. The minimum atomic E-state index is -0.547. The molecule has 19 heavy (non-hydrogen) atoms. The van der Waals surface area contributed by atoms with Gasteiger partial charge in [-0.05, 0) is 29.8 Å². The van der Waals surface area contributed by atoms with E-state index in [0.29, 0.717) is 22.8 Å². The minimum Gasteiger partial charge on any atom is -0.300 e. The molecule has 1 amide bonds. The molecule has 1 aromatic carbocycles. The van der Waals surface area contributed by atoms with E-state index in [2.05, 4.69) is 4.98 Å². The lowest BCUT2D eigenvalue weighted by Gasteiger charge is -2.16. The molecule has 0 saturated carbocycles. The largest absolute Gasteiger partial charge is 0.300 e. The van der Waals surface area contributed by atoms with Crippen molar-refractivity contribution >= 4 is 29.0 Å². The number of hydrogen-bond acceptors (Lipinski definition) is 3. The molecule has 2 heterocycles. The fourth-order valence-corrected chi connectivity index (χ4v) is 2.38. The number of pyridine rings is 1. The van der Waals surface area contributed by atoms with Crippen molar-refractivity contribution in [2.45, 2.75) is 6.54 Å². The van der Waals surface area contributed by atoms with Crippen LogP contribution < -0.4 is 4.90 Å². The maximum atomic E-state index is 12.0. The van der Waals surface area contributed by atoms with E-state index in [-0.39, 0.29) is 0 Å². The molecule has 3 rings (SSSR count). The minimum absolute atomic E-state index is 0.295. The molecule has 0 radical (unpaired) electrons. The van der Waals surface area contributed by atoms with Crippen LogP contribution in [0.15, 0.2) is 42.7 Å². The van der Waals surface area contributed by atoms with Gasteiger partial charge in [0.1, 0.15) is 0 Å². The second-order valence-corrected chi connectivity index (χ2v) is 4.62. The smallest absolute Gasteiger partial charge is 0.299 e. The van der Waals surface area contributed by atoms with Gasteiger partial charge in [0.25, 0.3) is 11.7 Å². The van der Waals surface area contributed by atoms with E-state index in [9.17, 15) is 9.59 Å². The van der Waals surface area contributed by atoms with Crippen molar-refractivity contribution < 1.29 is 9.59 Å². The topological polar surface area (TPSA) is 50.3 Å². The van der Waals surface area contributed by atoms with Crippen LogP contribution in [0.25, 0.3) is 0 Å². The Labute approximate surface area is 114 Å². The zero-order valence-electron chi connectivity index (χ0n) is 9.84. The number of Topliss-reactive ketones (excluding diaryl/α,β-unsaturated/α-hetero) is 1.